The fraction of sp³-hybridized carbons (Fsp3) is 0.500. The van der Waals surface area contributed by atoms with E-state index in [0.29, 0.717) is 11.8 Å². The van der Waals surface area contributed by atoms with Crippen LogP contribution in [0, 0.1) is 0 Å². The van der Waals surface area contributed by atoms with Gasteiger partial charge in [0.2, 0.25) is 0 Å². The third-order valence-electron chi connectivity index (χ3n) is 9.56. The number of halogens is 2. The summed E-state index contributed by atoms with van der Waals surface area (Å²) in [5, 5.41) is 0. The summed E-state index contributed by atoms with van der Waals surface area (Å²) < 4.78 is 2.15. The van der Waals surface area contributed by atoms with Gasteiger partial charge in [-0.05, 0) is 0 Å². The molecule has 36 heavy (non-hydrogen) atoms. The van der Waals surface area contributed by atoms with Gasteiger partial charge < -0.3 is 24.8 Å². The number of benzene rings is 2. The van der Waals surface area contributed by atoms with Crippen molar-refractivity contribution in [2.24, 2.45) is 0 Å². The van der Waals surface area contributed by atoms with Crippen LogP contribution in [0.5, 0.6) is 0 Å². The molecule has 1 saturated heterocycles. The molecule has 2 aliphatic carbocycles. The van der Waals surface area contributed by atoms with Crippen LogP contribution in [-0.4, -0.2) is 8.07 Å². The molecule has 0 radical (unpaired) electrons. The minimum Gasteiger partial charge on any atom is -1.00 e. The van der Waals surface area contributed by atoms with Crippen molar-refractivity contribution in [2.45, 2.75) is 95.6 Å². The summed E-state index contributed by atoms with van der Waals surface area (Å²) in [6, 6.07) is 18.5. The number of hydrogen-bond donors (Lipinski definition) is 0. The quantitative estimate of drug-likeness (QED) is 0.454. The van der Waals surface area contributed by atoms with Gasteiger partial charge in [-0.3, -0.25) is 0 Å². The Kier molecular flexibility index (Phi) is 11.0. The van der Waals surface area contributed by atoms with Crippen molar-refractivity contribution in [3.8, 4) is 0 Å². The van der Waals surface area contributed by atoms with E-state index in [1.54, 1.807) is 11.1 Å². The molecule has 0 bridgehead atoms. The average Bonchev–Trinajstić information content (AvgIpc) is 3.47. The zero-order valence-corrected chi connectivity index (χ0v) is 27.4. The largest absolute Gasteiger partial charge is 1.00 e. The molecule has 0 saturated carbocycles. The molecule has 2 aromatic rings. The van der Waals surface area contributed by atoms with Gasteiger partial charge in [-0.25, -0.2) is 0 Å². The van der Waals surface area contributed by atoms with Crippen LogP contribution in [0.2, 0.25) is 31.4 Å². The van der Waals surface area contributed by atoms with Gasteiger partial charge in [0.15, 0.2) is 0 Å². The Morgan fingerprint density at radius 1 is 0.667 bits per heavy atom. The van der Waals surface area contributed by atoms with Gasteiger partial charge in [0.25, 0.3) is 0 Å². The third-order valence-corrected chi connectivity index (χ3v) is 20.4. The fourth-order valence-corrected chi connectivity index (χ4v) is 16.7. The summed E-state index contributed by atoms with van der Waals surface area (Å²) in [4.78, 5) is 0. The van der Waals surface area contributed by atoms with E-state index in [4.69, 9.17) is 0 Å². The SMILES string of the molecule is CC[CH]1CCC(C2C=Cc3ccccc32)[Si](C)(C)C(C2C=Cc3ccccc32)CC[CH](CC)[Zr+2]1.[Cl-].[Cl-]. The first-order chi connectivity index (χ1) is 16.5. The van der Waals surface area contributed by atoms with Crippen LogP contribution in [0.15, 0.2) is 60.7 Å². The van der Waals surface area contributed by atoms with Crippen LogP contribution in [0.1, 0.15) is 86.5 Å². The molecule has 0 nitrogen and oxygen atoms in total. The Balaban J connectivity index is 0.00000180. The van der Waals surface area contributed by atoms with Crippen LogP contribution in [-0.2, 0) is 23.2 Å². The summed E-state index contributed by atoms with van der Waals surface area (Å²) in [5.74, 6) is 1.26. The molecule has 1 fully saturated rings. The maximum atomic E-state index is 2.79. The van der Waals surface area contributed by atoms with E-state index in [2.05, 4.69) is 99.8 Å². The van der Waals surface area contributed by atoms with E-state index in [-0.39, 0.29) is 48.0 Å². The Labute approximate surface area is 245 Å². The Bertz CT molecular complexity index is 980. The van der Waals surface area contributed by atoms with Crippen molar-refractivity contribution in [2.75, 3.05) is 0 Å². The molecule has 3 aliphatic rings. The predicted octanol–water partition coefficient (Wildman–Crippen LogP) is 4.12. The minimum absolute atomic E-state index is 0. The molecule has 6 unspecified atom stereocenters. The normalized spacial score (nSPS) is 30.1. The minimum atomic E-state index is -1.62. The van der Waals surface area contributed by atoms with E-state index >= 15 is 0 Å². The first kappa shape index (κ1) is 30.1. The first-order valence-electron chi connectivity index (χ1n) is 13.8. The molecule has 4 heteroatoms. The standard InChI is InChI=1S/C32H42Si.2ClH.Zr/c1-5-7-9-19-31(29-23-21-25-15-11-13-17-27(25)29)33(3,4)32(20-10-8-6-2)30-24-22-26-16-12-14-18-28(26)30;;;/h7-8,11-18,21-24,29-32H,5-6,9-10,19-20H2,1-4H3;2*1H;/q;;;+2/p-2. The van der Waals surface area contributed by atoms with Crippen molar-refractivity contribution >= 4 is 20.2 Å². The van der Waals surface area contributed by atoms with Crippen molar-refractivity contribution in [3.05, 3.63) is 82.9 Å². The predicted molar refractivity (Wildman–Crippen MR) is 148 cm³/mol. The summed E-state index contributed by atoms with van der Waals surface area (Å²) >= 11 is -0.350. The van der Waals surface area contributed by atoms with Gasteiger partial charge >= 0.3 is 222 Å². The summed E-state index contributed by atoms with van der Waals surface area (Å²) in [7, 11) is -1.62. The number of rotatable bonds is 4. The molecule has 1 heterocycles. The second kappa shape index (κ2) is 13.1. The molecule has 6 atom stereocenters. The first-order valence-corrected chi connectivity index (χ1v) is 19.8. The smallest absolute Gasteiger partial charge is 1.00 e. The zero-order chi connectivity index (χ0) is 23.7. The van der Waals surface area contributed by atoms with Gasteiger partial charge in [-0.15, -0.1) is 0 Å². The second-order valence-electron chi connectivity index (χ2n) is 11.6. The number of allylic oxidation sites excluding steroid dienone is 2. The Hall–Kier alpha value is -0.400. The van der Waals surface area contributed by atoms with Crippen LogP contribution < -0.4 is 24.8 Å². The number of fused-ring (bicyclic) bond motifs is 2. The van der Waals surface area contributed by atoms with Gasteiger partial charge in [0.1, 0.15) is 0 Å². The van der Waals surface area contributed by atoms with E-state index < -0.39 is 8.07 Å². The van der Waals surface area contributed by atoms with Gasteiger partial charge in [-0.2, -0.15) is 0 Å². The summed E-state index contributed by atoms with van der Waals surface area (Å²) in [6.07, 6.45) is 18.8. The van der Waals surface area contributed by atoms with E-state index in [9.17, 15) is 0 Å². The Morgan fingerprint density at radius 2 is 1.08 bits per heavy atom. The van der Waals surface area contributed by atoms with Gasteiger partial charge in [0, 0.05) is 0 Å². The molecular formula is C32H42Cl2SiZr. The maximum absolute atomic E-state index is 2.79. The molecule has 5 rings (SSSR count). The second-order valence-corrected chi connectivity index (χ2v) is 21.6. The van der Waals surface area contributed by atoms with Crippen molar-refractivity contribution in [1.29, 1.82) is 0 Å². The average molecular weight is 617 g/mol. The number of hydrogen-bond acceptors (Lipinski definition) is 0. The van der Waals surface area contributed by atoms with Gasteiger partial charge in [-0.1, -0.05) is 0 Å². The fourth-order valence-electron chi connectivity index (χ4n) is 7.47. The molecule has 192 valence electrons. The molecular weight excluding hydrogens is 575 g/mol. The molecule has 2 aromatic carbocycles. The molecule has 0 spiro atoms. The summed E-state index contributed by atoms with van der Waals surface area (Å²) in [5.41, 5.74) is 7.87. The van der Waals surface area contributed by atoms with Crippen molar-refractivity contribution in [3.63, 3.8) is 0 Å². The maximum Gasteiger partial charge on any atom is -1.00 e. The third kappa shape index (κ3) is 5.93. The topological polar surface area (TPSA) is 0 Å². The van der Waals surface area contributed by atoms with Crippen LogP contribution in [0.25, 0.3) is 12.2 Å². The molecule has 1 aliphatic heterocycles. The van der Waals surface area contributed by atoms with E-state index in [1.165, 1.54) is 49.7 Å². The van der Waals surface area contributed by atoms with Gasteiger partial charge in [0.05, 0.1) is 0 Å². The van der Waals surface area contributed by atoms with Crippen LogP contribution in [0.4, 0.5) is 0 Å². The van der Waals surface area contributed by atoms with E-state index in [0.717, 1.165) is 18.3 Å². The van der Waals surface area contributed by atoms with E-state index in [1.807, 2.05) is 0 Å². The molecule has 0 aromatic heterocycles. The van der Waals surface area contributed by atoms with Crippen LogP contribution >= 0.6 is 0 Å². The summed E-state index contributed by atoms with van der Waals surface area (Å²) in [6.45, 7) is 10.5. The van der Waals surface area contributed by atoms with Crippen molar-refractivity contribution < 1.29 is 48.0 Å². The molecule has 0 N–H and O–H groups in total. The monoisotopic (exact) mass is 614 g/mol. The van der Waals surface area contributed by atoms with Crippen molar-refractivity contribution in [1.82, 2.24) is 0 Å². The van der Waals surface area contributed by atoms with Crippen LogP contribution in [0.3, 0.4) is 0 Å². The Morgan fingerprint density at radius 3 is 1.50 bits per heavy atom. The molecule has 0 amide bonds. The zero-order valence-electron chi connectivity index (χ0n) is 22.4.